The fourth-order valence-electron chi connectivity index (χ4n) is 6.54. The molecular weight excluding hydrogens is 570 g/mol. The van der Waals surface area contributed by atoms with Gasteiger partial charge in [0.1, 0.15) is 5.76 Å². The molecule has 4 fully saturated rings. The topological polar surface area (TPSA) is 86.9 Å². The van der Waals surface area contributed by atoms with E-state index in [2.05, 4.69) is 26.0 Å². The number of piperidine rings is 1. The summed E-state index contributed by atoms with van der Waals surface area (Å²) in [6, 6.07) is 4.51. The molecule has 0 radical (unpaired) electrons. The zero-order valence-corrected chi connectivity index (χ0v) is 23.9. The summed E-state index contributed by atoms with van der Waals surface area (Å²) in [4.78, 5) is 19.6. The van der Waals surface area contributed by atoms with Crippen molar-refractivity contribution in [3.63, 3.8) is 0 Å². The molecule has 1 unspecified atom stereocenters. The normalized spacial score (nSPS) is 25.8. The largest absolute Gasteiger partial charge is 0.465 e. The number of carbonyl (C=O) groups is 1. The Morgan fingerprint density at radius 3 is 2.58 bits per heavy atom. The van der Waals surface area contributed by atoms with E-state index in [1.165, 1.54) is 25.5 Å². The van der Waals surface area contributed by atoms with Gasteiger partial charge in [-0.3, -0.25) is 0 Å². The summed E-state index contributed by atoms with van der Waals surface area (Å²) in [7, 11) is 1.41. The number of fused-ring (bicyclic) bond motifs is 3. The quantitative estimate of drug-likeness (QED) is 0.291. The van der Waals surface area contributed by atoms with Crippen LogP contribution in [0.4, 0.5) is 5.13 Å². The third kappa shape index (κ3) is 4.57. The van der Waals surface area contributed by atoms with E-state index in [1.807, 2.05) is 6.07 Å². The number of carbonyl (C=O) groups excluding carboxylic acids is 1. The van der Waals surface area contributed by atoms with Crippen molar-refractivity contribution >= 4 is 48.6 Å². The van der Waals surface area contributed by atoms with Crippen molar-refractivity contribution in [2.75, 3.05) is 25.2 Å². The zero-order valence-electron chi connectivity index (χ0n) is 21.5. The fraction of sp³-hybridized carbons (Fsp3) is 0.607. The van der Waals surface area contributed by atoms with Crippen LogP contribution in [0.5, 0.6) is 0 Å². The summed E-state index contributed by atoms with van der Waals surface area (Å²) in [6.45, 7) is 2.19. The summed E-state index contributed by atoms with van der Waals surface area (Å²) >= 11 is 5.27. The SMILES string of the molecule is COC(=O)c1cc(Br)c2nc(N3[C@@H]4CC[C@H]3CC(OCc3c(C5CCOCC5)noc3C3CC3)C4)sc2c1. The third-order valence-electron chi connectivity index (χ3n) is 8.64. The zero-order chi connectivity index (χ0) is 25.8. The molecule has 38 heavy (non-hydrogen) atoms. The van der Waals surface area contributed by atoms with E-state index in [9.17, 15) is 4.79 Å². The van der Waals surface area contributed by atoms with Gasteiger partial charge in [-0.25, -0.2) is 9.78 Å². The molecule has 0 amide bonds. The van der Waals surface area contributed by atoms with E-state index in [-0.39, 0.29) is 12.1 Å². The van der Waals surface area contributed by atoms with E-state index < -0.39 is 0 Å². The summed E-state index contributed by atoms with van der Waals surface area (Å²) in [5, 5.41) is 5.58. The molecule has 0 N–H and O–H groups in total. The Kier molecular flexibility index (Phi) is 6.70. The van der Waals surface area contributed by atoms with Crippen molar-refractivity contribution in [3.8, 4) is 0 Å². The van der Waals surface area contributed by atoms with Gasteiger partial charge in [-0.2, -0.15) is 0 Å². The van der Waals surface area contributed by atoms with Crippen molar-refractivity contribution in [2.24, 2.45) is 0 Å². The molecule has 10 heteroatoms. The molecule has 2 bridgehead atoms. The van der Waals surface area contributed by atoms with Crippen molar-refractivity contribution in [1.29, 1.82) is 0 Å². The lowest BCUT2D eigenvalue weighted by atomic mass is 9.92. The second kappa shape index (κ2) is 10.2. The maximum atomic E-state index is 12.1. The van der Waals surface area contributed by atoms with Crippen LogP contribution in [0.1, 0.15) is 90.6 Å². The second-order valence-corrected chi connectivity index (χ2v) is 12.9. The van der Waals surface area contributed by atoms with E-state index >= 15 is 0 Å². The Bertz CT molecular complexity index is 1330. The van der Waals surface area contributed by atoms with Gasteiger partial charge >= 0.3 is 5.97 Å². The molecule has 3 aromatic rings. The highest BCUT2D eigenvalue weighted by Crippen LogP contribution is 2.46. The molecule has 202 valence electrons. The Morgan fingerprint density at radius 2 is 1.87 bits per heavy atom. The first-order chi connectivity index (χ1) is 18.6. The van der Waals surface area contributed by atoms with Crippen molar-refractivity contribution < 1.29 is 23.5 Å². The maximum Gasteiger partial charge on any atom is 0.337 e. The number of anilines is 1. The van der Waals surface area contributed by atoms with Gasteiger partial charge in [-0.05, 0) is 79.4 Å². The van der Waals surface area contributed by atoms with E-state index in [4.69, 9.17) is 23.7 Å². The number of rotatable bonds is 7. The van der Waals surface area contributed by atoms with Crippen LogP contribution in [-0.2, 0) is 20.8 Å². The van der Waals surface area contributed by atoms with E-state index in [0.29, 0.717) is 36.1 Å². The first-order valence-electron chi connectivity index (χ1n) is 13.7. The van der Waals surface area contributed by atoms with Gasteiger partial charge < -0.3 is 23.6 Å². The third-order valence-corrected chi connectivity index (χ3v) is 10.3. The van der Waals surface area contributed by atoms with Gasteiger partial charge in [-0.15, -0.1) is 0 Å². The van der Waals surface area contributed by atoms with Gasteiger partial charge in [0, 0.05) is 47.2 Å². The molecule has 5 heterocycles. The highest BCUT2D eigenvalue weighted by atomic mass is 79.9. The van der Waals surface area contributed by atoms with E-state index in [0.717, 1.165) is 83.0 Å². The lowest BCUT2D eigenvalue weighted by Crippen LogP contribution is -2.45. The molecule has 3 aliphatic heterocycles. The van der Waals surface area contributed by atoms with Gasteiger partial charge in [0.05, 0.1) is 41.3 Å². The number of nitrogens with zero attached hydrogens (tertiary/aromatic N) is 3. The Balaban J connectivity index is 1.07. The van der Waals surface area contributed by atoms with Crippen molar-refractivity contribution in [3.05, 3.63) is 39.2 Å². The minimum Gasteiger partial charge on any atom is -0.465 e. The summed E-state index contributed by atoms with van der Waals surface area (Å²) in [5.41, 5.74) is 3.77. The average molecular weight is 603 g/mol. The fourth-order valence-corrected chi connectivity index (χ4v) is 8.39. The molecule has 1 aliphatic carbocycles. The number of methoxy groups -OCH3 is 1. The number of halogens is 1. The van der Waals surface area contributed by atoms with Crippen molar-refractivity contribution in [1.82, 2.24) is 10.1 Å². The summed E-state index contributed by atoms with van der Waals surface area (Å²) < 4.78 is 24.9. The van der Waals surface area contributed by atoms with Crippen LogP contribution in [0.3, 0.4) is 0 Å². The lowest BCUT2D eigenvalue weighted by molar-refractivity contribution is 0.0137. The molecule has 2 aromatic heterocycles. The van der Waals surface area contributed by atoms with Crippen LogP contribution in [0.25, 0.3) is 10.2 Å². The van der Waals surface area contributed by atoms with E-state index in [1.54, 1.807) is 17.4 Å². The first kappa shape index (κ1) is 25.0. The van der Waals surface area contributed by atoms with Gasteiger partial charge in [-0.1, -0.05) is 16.5 Å². The smallest absolute Gasteiger partial charge is 0.337 e. The van der Waals surface area contributed by atoms with Crippen LogP contribution in [0.2, 0.25) is 0 Å². The molecular formula is C28H32BrN3O5S. The molecule has 3 atom stereocenters. The van der Waals surface area contributed by atoms with Crippen LogP contribution in [0, 0.1) is 0 Å². The molecule has 0 spiro atoms. The molecule has 1 aromatic carbocycles. The van der Waals surface area contributed by atoms with Gasteiger partial charge in [0.15, 0.2) is 5.13 Å². The molecule has 7 rings (SSSR count). The van der Waals surface area contributed by atoms with Crippen LogP contribution in [0.15, 0.2) is 21.1 Å². The van der Waals surface area contributed by atoms with Crippen LogP contribution in [-0.4, -0.2) is 54.6 Å². The van der Waals surface area contributed by atoms with Gasteiger partial charge in [0.2, 0.25) is 0 Å². The molecule has 3 saturated heterocycles. The second-order valence-electron chi connectivity index (χ2n) is 11.1. The van der Waals surface area contributed by atoms with Crippen LogP contribution < -0.4 is 4.90 Å². The Hall–Kier alpha value is -2.01. The molecule has 8 nitrogen and oxygen atoms in total. The molecule has 1 saturated carbocycles. The van der Waals surface area contributed by atoms with Crippen molar-refractivity contribution in [2.45, 2.75) is 88.0 Å². The maximum absolute atomic E-state index is 12.1. The number of thiazole rings is 1. The average Bonchev–Trinajstić information content (AvgIpc) is 3.44. The minimum absolute atomic E-state index is 0.222. The Morgan fingerprint density at radius 1 is 1.11 bits per heavy atom. The Labute approximate surface area is 234 Å². The number of esters is 1. The minimum atomic E-state index is -0.335. The lowest BCUT2D eigenvalue weighted by Gasteiger charge is -2.38. The number of ether oxygens (including phenoxy) is 3. The summed E-state index contributed by atoms with van der Waals surface area (Å²) in [5.74, 6) is 1.66. The highest BCUT2D eigenvalue weighted by molar-refractivity contribution is 9.10. The first-order valence-corrected chi connectivity index (χ1v) is 15.3. The monoisotopic (exact) mass is 601 g/mol. The summed E-state index contributed by atoms with van der Waals surface area (Å²) in [6.07, 6.45) is 8.92. The highest BCUT2D eigenvalue weighted by Gasteiger charge is 2.43. The number of aromatic nitrogens is 2. The molecule has 4 aliphatic rings. The number of benzene rings is 1. The predicted octanol–water partition coefficient (Wildman–Crippen LogP) is 6.32. The standard InChI is InChI=1S/C28H32BrN3O5S/c1-34-27(33)17-10-22(29)25-23(11-17)38-28(30-25)32-18-4-5-19(32)13-20(12-18)36-14-21-24(15-6-8-35-9-7-15)31-37-26(21)16-2-3-16/h10-11,15-16,18-20H,2-9,12-14H2,1H3/t18-,19+,20?. The predicted molar refractivity (Wildman–Crippen MR) is 147 cm³/mol. The van der Waals surface area contributed by atoms with Gasteiger partial charge in [0.25, 0.3) is 0 Å². The number of hydrogen-bond donors (Lipinski definition) is 0. The number of hydrogen-bond acceptors (Lipinski definition) is 9. The van der Waals surface area contributed by atoms with Crippen LogP contribution >= 0.6 is 27.3 Å².